The van der Waals surface area contributed by atoms with Gasteiger partial charge in [0.1, 0.15) is 0 Å². The first-order valence-electron chi connectivity index (χ1n) is 7.05. The van der Waals surface area contributed by atoms with Crippen molar-refractivity contribution in [3.8, 4) is 0 Å². The molecule has 2 heterocycles. The number of fused-ring (bicyclic) bond motifs is 1. The molecule has 0 saturated carbocycles. The Balaban J connectivity index is 1.86. The molecule has 3 heteroatoms. The van der Waals surface area contributed by atoms with E-state index in [0.717, 1.165) is 25.3 Å². The van der Waals surface area contributed by atoms with Gasteiger partial charge in [-0.25, -0.2) is 0 Å². The summed E-state index contributed by atoms with van der Waals surface area (Å²) in [5.41, 5.74) is 3.67. The van der Waals surface area contributed by atoms with Gasteiger partial charge in [-0.1, -0.05) is 19.1 Å². The Kier molecular flexibility index (Phi) is 3.79. The lowest BCUT2D eigenvalue weighted by Gasteiger charge is -2.06. The average Bonchev–Trinajstić information content (AvgIpc) is 2.89. The van der Waals surface area contributed by atoms with Crippen molar-refractivity contribution in [2.24, 2.45) is 0 Å². The second kappa shape index (κ2) is 5.88. The molecular formula is C17H19N3. The van der Waals surface area contributed by atoms with E-state index in [1.165, 1.54) is 16.5 Å². The van der Waals surface area contributed by atoms with Crippen LogP contribution in [0.1, 0.15) is 18.2 Å². The van der Waals surface area contributed by atoms with Crippen LogP contribution >= 0.6 is 0 Å². The first-order valence-corrected chi connectivity index (χ1v) is 7.05. The number of benzene rings is 1. The first kappa shape index (κ1) is 12.9. The van der Waals surface area contributed by atoms with Crippen molar-refractivity contribution < 1.29 is 0 Å². The minimum Gasteiger partial charge on any atom is -0.341 e. The second-order valence-electron chi connectivity index (χ2n) is 4.94. The quantitative estimate of drug-likeness (QED) is 0.768. The largest absolute Gasteiger partial charge is 0.341 e. The number of rotatable bonds is 5. The fourth-order valence-corrected chi connectivity index (χ4v) is 2.43. The maximum Gasteiger partial charge on any atom is 0.0648 e. The van der Waals surface area contributed by atoms with Gasteiger partial charge >= 0.3 is 0 Å². The zero-order valence-corrected chi connectivity index (χ0v) is 11.7. The zero-order chi connectivity index (χ0) is 13.8. The third-order valence-electron chi connectivity index (χ3n) is 3.47. The summed E-state index contributed by atoms with van der Waals surface area (Å²) in [4.78, 5) is 4.39. The third kappa shape index (κ3) is 2.73. The Morgan fingerprint density at radius 2 is 2.10 bits per heavy atom. The molecule has 0 spiro atoms. The maximum atomic E-state index is 4.39. The predicted molar refractivity (Wildman–Crippen MR) is 82.7 cm³/mol. The molecule has 3 nitrogen and oxygen atoms in total. The minimum absolute atomic E-state index is 0.816. The van der Waals surface area contributed by atoms with Crippen molar-refractivity contribution in [3.63, 3.8) is 0 Å². The van der Waals surface area contributed by atoms with Crippen LogP contribution < -0.4 is 5.32 Å². The van der Waals surface area contributed by atoms with Crippen LogP contribution in [0.4, 0.5) is 0 Å². The van der Waals surface area contributed by atoms with Crippen molar-refractivity contribution in [3.05, 3.63) is 66.1 Å². The number of pyridine rings is 1. The van der Waals surface area contributed by atoms with Gasteiger partial charge in [0.2, 0.25) is 0 Å². The molecule has 0 unspecified atom stereocenters. The van der Waals surface area contributed by atoms with Gasteiger partial charge < -0.3 is 9.88 Å². The molecule has 0 aliphatic heterocycles. The van der Waals surface area contributed by atoms with E-state index in [9.17, 15) is 0 Å². The molecule has 0 fully saturated rings. The van der Waals surface area contributed by atoms with Crippen molar-refractivity contribution >= 4 is 10.9 Å². The number of nitrogens with zero attached hydrogens (tertiary/aromatic N) is 2. The summed E-state index contributed by atoms with van der Waals surface area (Å²) in [6.45, 7) is 4.87. The van der Waals surface area contributed by atoms with Crippen molar-refractivity contribution in [2.75, 3.05) is 6.54 Å². The summed E-state index contributed by atoms with van der Waals surface area (Å²) in [6, 6.07) is 14.9. The van der Waals surface area contributed by atoms with Crippen LogP contribution in [0.15, 0.2) is 54.9 Å². The van der Waals surface area contributed by atoms with Gasteiger partial charge in [-0.3, -0.25) is 4.98 Å². The molecular weight excluding hydrogens is 246 g/mol. The smallest absolute Gasteiger partial charge is 0.0648 e. The van der Waals surface area contributed by atoms with Crippen LogP contribution in [0, 0.1) is 0 Å². The molecule has 0 bridgehead atoms. The molecule has 102 valence electrons. The average molecular weight is 265 g/mol. The molecule has 2 aromatic heterocycles. The fourth-order valence-electron chi connectivity index (χ4n) is 2.43. The van der Waals surface area contributed by atoms with Gasteiger partial charge in [-0.05, 0) is 47.8 Å². The van der Waals surface area contributed by atoms with Crippen LogP contribution in [-0.2, 0) is 13.1 Å². The fraction of sp³-hybridized carbons (Fsp3) is 0.235. The van der Waals surface area contributed by atoms with E-state index < -0.39 is 0 Å². The number of aromatic nitrogens is 2. The van der Waals surface area contributed by atoms with E-state index >= 15 is 0 Å². The normalized spacial score (nSPS) is 11.1. The molecule has 0 aliphatic carbocycles. The van der Waals surface area contributed by atoms with Gasteiger partial charge in [0.05, 0.1) is 12.2 Å². The predicted octanol–water partition coefficient (Wildman–Crippen LogP) is 3.19. The van der Waals surface area contributed by atoms with E-state index in [-0.39, 0.29) is 0 Å². The van der Waals surface area contributed by atoms with Gasteiger partial charge in [-0.15, -0.1) is 0 Å². The number of hydrogen-bond donors (Lipinski definition) is 1. The van der Waals surface area contributed by atoms with E-state index in [2.05, 4.69) is 58.3 Å². The highest BCUT2D eigenvalue weighted by atomic mass is 15.0. The van der Waals surface area contributed by atoms with Crippen molar-refractivity contribution in [1.29, 1.82) is 0 Å². The topological polar surface area (TPSA) is 29.9 Å². The van der Waals surface area contributed by atoms with Crippen molar-refractivity contribution in [2.45, 2.75) is 20.0 Å². The summed E-state index contributed by atoms with van der Waals surface area (Å²) in [5, 5.41) is 4.65. The SMILES string of the molecule is CCNCc1ccc2c(ccn2Cc2ccccn2)c1. The van der Waals surface area contributed by atoms with E-state index in [0.29, 0.717) is 0 Å². The summed E-state index contributed by atoms with van der Waals surface area (Å²) < 4.78 is 2.24. The molecule has 20 heavy (non-hydrogen) atoms. The summed E-state index contributed by atoms with van der Waals surface area (Å²) in [7, 11) is 0. The maximum absolute atomic E-state index is 4.39. The third-order valence-corrected chi connectivity index (χ3v) is 3.47. The van der Waals surface area contributed by atoms with Gasteiger partial charge in [0.25, 0.3) is 0 Å². The molecule has 1 N–H and O–H groups in total. The van der Waals surface area contributed by atoms with Crippen LogP contribution in [0.25, 0.3) is 10.9 Å². The minimum atomic E-state index is 0.816. The van der Waals surface area contributed by atoms with Crippen LogP contribution in [0.2, 0.25) is 0 Å². The highest BCUT2D eigenvalue weighted by Gasteiger charge is 2.03. The molecule has 1 aromatic carbocycles. The summed E-state index contributed by atoms with van der Waals surface area (Å²) in [5.74, 6) is 0. The van der Waals surface area contributed by atoms with Gasteiger partial charge in [0, 0.05) is 24.5 Å². The molecule has 0 amide bonds. The Hall–Kier alpha value is -2.13. The van der Waals surface area contributed by atoms with Gasteiger partial charge in [-0.2, -0.15) is 0 Å². The zero-order valence-electron chi connectivity index (χ0n) is 11.7. The van der Waals surface area contributed by atoms with Crippen LogP contribution in [-0.4, -0.2) is 16.1 Å². The van der Waals surface area contributed by atoms with E-state index in [4.69, 9.17) is 0 Å². The second-order valence-corrected chi connectivity index (χ2v) is 4.94. The molecule has 0 aliphatic rings. The molecule has 3 aromatic rings. The Bertz CT molecular complexity index is 686. The molecule has 0 atom stereocenters. The number of hydrogen-bond acceptors (Lipinski definition) is 2. The van der Waals surface area contributed by atoms with Crippen LogP contribution in [0.5, 0.6) is 0 Å². The number of nitrogens with one attached hydrogen (secondary N) is 1. The Labute approximate surface area is 119 Å². The Morgan fingerprint density at radius 3 is 2.90 bits per heavy atom. The van der Waals surface area contributed by atoms with Gasteiger partial charge in [0.15, 0.2) is 0 Å². The summed E-state index contributed by atoms with van der Waals surface area (Å²) in [6.07, 6.45) is 3.98. The van der Waals surface area contributed by atoms with E-state index in [1.54, 1.807) is 0 Å². The molecule has 0 saturated heterocycles. The molecule has 3 rings (SSSR count). The summed E-state index contributed by atoms with van der Waals surface area (Å²) >= 11 is 0. The Morgan fingerprint density at radius 1 is 1.15 bits per heavy atom. The monoisotopic (exact) mass is 265 g/mol. The molecule has 0 radical (unpaired) electrons. The van der Waals surface area contributed by atoms with Crippen LogP contribution in [0.3, 0.4) is 0 Å². The lowest BCUT2D eigenvalue weighted by molar-refractivity contribution is 0.727. The highest BCUT2D eigenvalue weighted by molar-refractivity contribution is 5.81. The standard InChI is InChI=1S/C17H19N3/c1-2-18-12-14-6-7-17-15(11-14)8-10-20(17)13-16-5-3-4-9-19-16/h3-11,18H,2,12-13H2,1H3. The van der Waals surface area contributed by atoms with E-state index in [1.807, 2.05) is 18.3 Å². The van der Waals surface area contributed by atoms with Crippen molar-refractivity contribution in [1.82, 2.24) is 14.9 Å². The first-order chi connectivity index (χ1) is 9.86. The highest BCUT2D eigenvalue weighted by Crippen LogP contribution is 2.18. The lowest BCUT2D eigenvalue weighted by atomic mass is 10.1. The lowest BCUT2D eigenvalue weighted by Crippen LogP contribution is -2.11.